The monoisotopic (exact) mass is 611 g/mol. The first kappa shape index (κ1) is 25.6. The maximum Gasteiger partial charge on any atom is 0.165 e. The fourth-order valence-corrected chi connectivity index (χ4v) is 8.00. The van der Waals surface area contributed by atoms with Crippen LogP contribution in [0.15, 0.2) is 152 Å². The van der Waals surface area contributed by atoms with Crippen molar-refractivity contribution in [1.82, 2.24) is 24.1 Å². The van der Waals surface area contributed by atoms with Crippen molar-refractivity contribution in [3.63, 3.8) is 0 Å². The number of nitrogens with zero attached hydrogens (tertiary/aromatic N) is 5. The molecule has 222 valence electrons. The molecule has 0 aliphatic rings. The fourth-order valence-electron chi connectivity index (χ4n) is 8.00. The highest BCUT2D eigenvalue weighted by molar-refractivity contribution is 6.39. The van der Waals surface area contributed by atoms with Crippen molar-refractivity contribution in [1.29, 1.82) is 0 Å². The second kappa shape index (κ2) is 9.47. The van der Waals surface area contributed by atoms with E-state index in [2.05, 4.69) is 124 Å². The standard InChI is InChI=1S/C43H25N5/c1-2-12-26(13-3-1)42-43(46-32-19-7-6-18-31(32)45-42)48-34-21-11-17-30-28-15-5-4-14-27(28)29-16-10-20-33-38(29)40-35(23-24-36(48)41(40)39(30)34)47(33)37-22-8-9-25-44-37/h1-25H. The predicted octanol–water partition coefficient (Wildman–Crippen LogP) is 10.6. The maximum absolute atomic E-state index is 5.39. The van der Waals surface area contributed by atoms with Gasteiger partial charge in [-0.25, -0.2) is 15.0 Å². The lowest BCUT2D eigenvalue weighted by Gasteiger charge is -2.14. The van der Waals surface area contributed by atoms with Crippen LogP contribution in [-0.2, 0) is 0 Å². The van der Waals surface area contributed by atoms with Gasteiger partial charge in [0.1, 0.15) is 11.5 Å². The Morgan fingerprint density at radius 1 is 0.375 bits per heavy atom. The van der Waals surface area contributed by atoms with Crippen LogP contribution < -0.4 is 0 Å². The summed E-state index contributed by atoms with van der Waals surface area (Å²) in [5.74, 6) is 1.72. The van der Waals surface area contributed by atoms with Crippen molar-refractivity contribution in [3.8, 4) is 22.9 Å². The minimum absolute atomic E-state index is 0.817. The summed E-state index contributed by atoms with van der Waals surface area (Å²) in [6.07, 6.45) is 1.87. The average Bonchev–Trinajstić information content (AvgIpc) is 3.67. The Bertz CT molecular complexity index is 3050. The van der Waals surface area contributed by atoms with Gasteiger partial charge in [-0.1, -0.05) is 97.1 Å². The van der Waals surface area contributed by atoms with Crippen LogP contribution in [0.25, 0.3) is 99.1 Å². The molecule has 0 aliphatic heterocycles. The van der Waals surface area contributed by atoms with Crippen LogP contribution in [0, 0.1) is 0 Å². The molecule has 0 saturated heterocycles. The van der Waals surface area contributed by atoms with E-state index in [1.807, 2.05) is 36.5 Å². The van der Waals surface area contributed by atoms with Crippen LogP contribution >= 0.6 is 0 Å². The highest BCUT2D eigenvalue weighted by Crippen LogP contribution is 2.48. The molecule has 5 nitrogen and oxygen atoms in total. The van der Waals surface area contributed by atoms with Crippen molar-refractivity contribution < 1.29 is 0 Å². The maximum atomic E-state index is 5.39. The lowest BCUT2D eigenvalue weighted by molar-refractivity contribution is 1.07. The fraction of sp³-hybridized carbons (Fsp3) is 0. The number of benzene rings is 6. The first-order chi connectivity index (χ1) is 23.8. The van der Waals surface area contributed by atoms with E-state index in [0.29, 0.717) is 0 Å². The third-order valence-corrected chi connectivity index (χ3v) is 9.91. The topological polar surface area (TPSA) is 48.5 Å². The Kier molecular flexibility index (Phi) is 5.05. The second-order valence-corrected chi connectivity index (χ2v) is 12.4. The zero-order valence-corrected chi connectivity index (χ0v) is 25.7. The average molecular weight is 612 g/mol. The molecule has 0 amide bonds. The molecule has 11 aromatic rings. The molecule has 4 heterocycles. The van der Waals surface area contributed by atoms with E-state index >= 15 is 0 Å². The highest BCUT2D eigenvalue weighted by atomic mass is 15.1. The van der Waals surface area contributed by atoms with Crippen molar-refractivity contribution in [3.05, 3.63) is 152 Å². The summed E-state index contributed by atoms with van der Waals surface area (Å²) in [6.45, 7) is 0. The molecule has 4 aromatic heterocycles. The van der Waals surface area contributed by atoms with Gasteiger partial charge in [0.15, 0.2) is 5.82 Å². The molecular formula is C43H25N5. The molecule has 0 bridgehead atoms. The Morgan fingerprint density at radius 2 is 0.917 bits per heavy atom. The smallest absolute Gasteiger partial charge is 0.165 e. The number of hydrogen-bond acceptors (Lipinski definition) is 3. The van der Waals surface area contributed by atoms with Gasteiger partial charge in [0, 0.05) is 33.3 Å². The Hall–Kier alpha value is -6.59. The normalized spacial score (nSPS) is 12.2. The van der Waals surface area contributed by atoms with Crippen LogP contribution in [0.3, 0.4) is 0 Å². The van der Waals surface area contributed by atoms with E-state index in [4.69, 9.17) is 15.0 Å². The first-order valence-corrected chi connectivity index (χ1v) is 16.2. The Balaban J connectivity index is 1.43. The third kappa shape index (κ3) is 3.32. The summed E-state index contributed by atoms with van der Waals surface area (Å²) >= 11 is 0. The van der Waals surface area contributed by atoms with Gasteiger partial charge in [-0.05, 0) is 70.1 Å². The van der Waals surface area contributed by atoms with Gasteiger partial charge in [0.25, 0.3) is 0 Å². The van der Waals surface area contributed by atoms with E-state index in [1.54, 1.807) is 0 Å². The summed E-state index contributed by atoms with van der Waals surface area (Å²) in [6, 6.07) is 51.4. The van der Waals surface area contributed by atoms with Crippen molar-refractivity contribution >= 4 is 76.2 Å². The van der Waals surface area contributed by atoms with Gasteiger partial charge < -0.3 is 0 Å². The second-order valence-electron chi connectivity index (χ2n) is 12.4. The highest BCUT2D eigenvalue weighted by Gasteiger charge is 2.26. The number of aromatic nitrogens is 5. The van der Waals surface area contributed by atoms with Crippen LogP contribution in [0.4, 0.5) is 0 Å². The molecule has 7 aromatic carbocycles. The Morgan fingerprint density at radius 3 is 1.58 bits per heavy atom. The molecule has 5 heteroatoms. The number of fused-ring (bicyclic) bond motifs is 4. The largest absolute Gasteiger partial charge is 0.294 e. The molecule has 0 radical (unpaired) electrons. The van der Waals surface area contributed by atoms with E-state index < -0.39 is 0 Å². The minimum atomic E-state index is 0.817. The molecule has 0 fully saturated rings. The van der Waals surface area contributed by atoms with E-state index in [0.717, 1.165) is 56.0 Å². The van der Waals surface area contributed by atoms with E-state index in [-0.39, 0.29) is 0 Å². The zero-order chi connectivity index (χ0) is 31.3. The predicted molar refractivity (Wildman–Crippen MR) is 198 cm³/mol. The van der Waals surface area contributed by atoms with Crippen LogP contribution in [0.1, 0.15) is 0 Å². The quantitative estimate of drug-likeness (QED) is 0.200. The van der Waals surface area contributed by atoms with E-state index in [1.165, 1.54) is 43.1 Å². The van der Waals surface area contributed by atoms with E-state index in [9.17, 15) is 0 Å². The lowest BCUT2D eigenvalue weighted by atomic mass is 9.95. The summed E-state index contributed by atoms with van der Waals surface area (Å²) in [5.41, 5.74) is 8.09. The molecule has 0 saturated carbocycles. The SMILES string of the molecule is c1ccc(-c2nc3ccccc3nc2-n2c3cccc4c5ccccc5c5cccc6c5c5c(c43)c2ccc5n6-c2ccccn2)cc1. The number of hydrogen-bond donors (Lipinski definition) is 0. The third-order valence-electron chi connectivity index (χ3n) is 9.91. The molecule has 0 aliphatic carbocycles. The van der Waals surface area contributed by atoms with Crippen molar-refractivity contribution in [2.24, 2.45) is 0 Å². The summed E-state index contributed by atoms with van der Waals surface area (Å²) < 4.78 is 4.66. The van der Waals surface area contributed by atoms with Crippen LogP contribution in [0.2, 0.25) is 0 Å². The van der Waals surface area contributed by atoms with Gasteiger partial charge in [0.05, 0.1) is 33.1 Å². The van der Waals surface area contributed by atoms with Crippen molar-refractivity contribution in [2.45, 2.75) is 0 Å². The first-order valence-electron chi connectivity index (χ1n) is 16.2. The van der Waals surface area contributed by atoms with Crippen LogP contribution in [-0.4, -0.2) is 24.1 Å². The molecule has 0 atom stereocenters. The molecule has 0 spiro atoms. The van der Waals surface area contributed by atoms with Gasteiger partial charge in [-0.3, -0.25) is 9.13 Å². The van der Waals surface area contributed by atoms with Gasteiger partial charge >= 0.3 is 0 Å². The summed E-state index contributed by atoms with van der Waals surface area (Å²) in [7, 11) is 0. The van der Waals surface area contributed by atoms with Gasteiger partial charge in [-0.2, -0.15) is 0 Å². The van der Waals surface area contributed by atoms with Gasteiger partial charge in [-0.15, -0.1) is 0 Å². The zero-order valence-electron chi connectivity index (χ0n) is 25.7. The molecule has 0 N–H and O–H groups in total. The van der Waals surface area contributed by atoms with Gasteiger partial charge in [0.2, 0.25) is 0 Å². The molecule has 0 unspecified atom stereocenters. The summed E-state index contributed by atoms with van der Waals surface area (Å²) in [5, 5.41) is 9.77. The lowest BCUT2D eigenvalue weighted by Crippen LogP contribution is -2.03. The molecule has 48 heavy (non-hydrogen) atoms. The number of rotatable bonds is 3. The molecular weight excluding hydrogens is 587 g/mol. The van der Waals surface area contributed by atoms with Crippen LogP contribution in [0.5, 0.6) is 0 Å². The number of para-hydroxylation sites is 2. The van der Waals surface area contributed by atoms with Crippen molar-refractivity contribution in [2.75, 3.05) is 0 Å². The minimum Gasteiger partial charge on any atom is -0.294 e. The molecule has 11 rings (SSSR count). The Labute approximate surface area is 274 Å². The summed E-state index contributed by atoms with van der Waals surface area (Å²) in [4.78, 5) is 15.5. The number of pyridine rings is 1.